The number of para-hydroxylation sites is 2. The quantitative estimate of drug-likeness (QED) is 0.162. The molecule has 0 aliphatic heterocycles. The number of hydrogen-bond donors (Lipinski definition) is 4. The van der Waals surface area contributed by atoms with E-state index in [-0.39, 0.29) is 11.4 Å². The fourth-order valence-corrected chi connectivity index (χ4v) is 4.15. The molecule has 198 valence electrons. The number of aromatic nitrogens is 4. The highest BCUT2D eigenvalue weighted by molar-refractivity contribution is 5.78. The number of rotatable bonds is 8. The van der Waals surface area contributed by atoms with Crippen molar-refractivity contribution in [3.8, 4) is 28.7 Å². The SMILES string of the molecule is N#Cc1c(-c2ccco2)cc(-c2ccc(Nc3nc(Nc4ccccc4)nc(Nc4ccccc4)n3)cc2)nc1N. The van der Waals surface area contributed by atoms with Crippen LogP contribution in [0, 0.1) is 11.3 Å². The zero-order valence-corrected chi connectivity index (χ0v) is 21.6. The van der Waals surface area contributed by atoms with Gasteiger partial charge in [-0.1, -0.05) is 48.5 Å². The van der Waals surface area contributed by atoms with E-state index in [0.717, 1.165) is 22.6 Å². The van der Waals surface area contributed by atoms with Gasteiger partial charge in [-0.2, -0.15) is 20.2 Å². The topological polar surface area (TPSA) is 151 Å². The van der Waals surface area contributed by atoms with E-state index in [1.807, 2.05) is 84.9 Å². The number of furan rings is 1. The van der Waals surface area contributed by atoms with E-state index in [4.69, 9.17) is 10.2 Å². The Bertz CT molecular complexity index is 1760. The highest BCUT2D eigenvalue weighted by Gasteiger charge is 2.15. The minimum atomic E-state index is 0.140. The Morgan fingerprint density at radius 3 is 1.66 bits per heavy atom. The molecule has 0 aliphatic rings. The molecule has 3 aromatic carbocycles. The van der Waals surface area contributed by atoms with Crippen molar-refractivity contribution in [2.24, 2.45) is 0 Å². The first-order valence-electron chi connectivity index (χ1n) is 12.7. The molecule has 0 fully saturated rings. The van der Waals surface area contributed by atoms with Crippen molar-refractivity contribution in [2.45, 2.75) is 0 Å². The van der Waals surface area contributed by atoms with E-state index in [0.29, 0.717) is 34.9 Å². The van der Waals surface area contributed by atoms with Crippen molar-refractivity contribution in [1.82, 2.24) is 19.9 Å². The third-order valence-electron chi connectivity index (χ3n) is 6.08. The van der Waals surface area contributed by atoms with Crippen LogP contribution >= 0.6 is 0 Å². The van der Waals surface area contributed by atoms with Gasteiger partial charge in [-0.15, -0.1) is 0 Å². The molecule has 0 aliphatic carbocycles. The first-order chi connectivity index (χ1) is 20.1. The van der Waals surface area contributed by atoms with E-state index in [1.165, 1.54) is 0 Å². The van der Waals surface area contributed by atoms with Gasteiger partial charge in [-0.05, 0) is 54.6 Å². The smallest absolute Gasteiger partial charge is 0.233 e. The van der Waals surface area contributed by atoms with Crippen LogP contribution in [-0.4, -0.2) is 19.9 Å². The van der Waals surface area contributed by atoms with Gasteiger partial charge >= 0.3 is 0 Å². The summed E-state index contributed by atoms with van der Waals surface area (Å²) < 4.78 is 5.51. The number of nitrogens with one attached hydrogen (secondary N) is 3. The predicted octanol–water partition coefficient (Wildman–Crippen LogP) is 6.88. The van der Waals surface area contributed by atoms with Gasteiger partial charge in [0, 0.05) is 28.2 Å². The first-order valence-corrected chi connectivity index (χ1v) is 12.7. The highest BCUT2D eigenvalue weighted by Crippen LogP contribution is 2.32. The molecule has 10 nitrogen and oxygen atoms in total. The molecule has 6 aromatic rings. The molecule has 3 heterocycles. The summed E-state index contributed by atoms with van der Waals surface area (Å²) in [5, 5.41) is 19.3. The number of nitriles is 1. The number of benzene rings is 3. The maximum atomic E-state index is 9.60. The van der Waals surface area contributed by atoms with Crippen LogP contribution in [-0.2, 0) is 0 Å². The molecule has 0 saturated carbocycles. The normalized spacial score (nSPS) is 10.5. The lowest BCUT2D eigenvalue weighted by Crippen LogP contribution is -2.07. The van der Waals surface area contributed by atoms with E-state index in [1.54, 1.807) is 24.5 Å². The fraction of sp³-hybridized carbons (Fsp3) is 0. The van der Waals surface area contributed by atoms with Crippen LogP contribution in [0.25, 0.3) is 22.6 Å². The van der Waals surface area contributed by atoms with Gasteiger partial charge in [0.15, 0.2) is 0 Å². The Morgan fingerprint density at radius 1 is 0.634 bits per heavy atom. The molecule has 0 spiro atoms. The van der Waals surface area contributed by atoms with Gasteiger partial charge in [-0.25, -0.2) is 4.98 Å². The minimum absolute atomic E-state index is 0.140. The second-order valence-corrected chi connectivity index (χ2v) is 8.90. The van der Waals surface area contributed by atoms with E-state index in [2.05, 4.69) is 42.0 Å². The molecule has 3 aromatic heterocycles. The van der Waals surface area contributed by atoms with Gasteiger partial charge in [0.2, 0.25) is 17.8 Å². The Balaban J connectivity index is 1.28. The average Bonchev–Trinajstić information content (AvgIpc) is 3.53. The summed E-state index contributed by atoms with van der Waals surface area (Å²) in [6, 6.07) is 34.4. The van der Waals surface area contributed by atoms with Crippen molar-refractivity contribution < 1.29 is 4.42 Å². The molecule has 0 unspecified atom stereocenters. The molecule has 5 N–H and O–H groups in total. The zero-order valence-electron chi connectivity index (χ0n) is 21.6. The lowest BCUT2D eigenvalue weighted by atomic mass is 10.0. The van der Waals surface area contributed by atoms with Crippen molar-refractivity contribution in [2.75, 3.05) is 21.7 Å². The zero-order chi connectivity index (χ0) is 28.0. The van der Waals surface area contributed by atoms with E-state index < -0.39 is 0 Å². The maximum absolute atomic E-state index is 9.60. The van der Waals surface area contributed by atoms with Crippen molar-refractivity contribution >= 4 is 40.7 Å². The predicted molar refractivity (Wildman–Crippen MR) is 159 cm³/mol. The Morgan fingerprint density at radius 2 is 1.17 bits per heavy atom. The van der Waals surface area contributed by atoms with Crippen LogP contribution in [0.3, 0.4) is 0 Å². The van der Waals surface area contributed by atoms with Crippen LogP contribution in [0.2, 0.25) is 0 Å². The van der Waals surface area contributed by atoms with Gasteiger partial charge in [0.1, 0.15) is 23.2 Å². The summed E-state index contributed by atoms with van der Waals surface area (Å²) in [5.74, 6) is 1.80. The van der Waals surface area contributed by atoms with E-state index >= 15 is 0 Å². The molecule has 0 amide bonds. The largest absolute Gasteiger partial charge is 0.464 e. The van der Waals surface area contributed by atoms with Crippen molar-refractivity contribution in [3.05, 3.63) is 115 Å². The second-order valence-electron chi connectivity index (χ2n) is 8.90. The molecular weight excluding hydrogens is 514 g/mol. The van der Waals surface area contributed by atoms with Crippen molar-refractivity contribution in [3.63, 3.8) is 0 Å². The number of pyridine rings is 1. The Kier molecular flexibility index (Phi) is 6.89. The summed E-state index contributed by atoms with van der Waals surface area (Å²) in [7, 11) is 0. The molecule has 0 atom stereocenters. The molecule has 0 bridgehead atoms. The monoisotopic (exact) mass is 537 g/mol. The summed E-state index contributed by atoms with van der Waals surface area (Å²) in [4.78, 5) is 18.1. The summed E-state index contributed by atoms with van der Waals surface area (Å²) >= 11 is 0. The molecule has 41 heavy (non-hydrogen) atoms. The molecule has 0 radical (unpaired) electrons. The number of hydrogen-bond acceptors (Lipinski definition) is 10. The number of anilines is 7. The Labute approximate surface area is 235 Å². The third-order valence-corrected chi connectivity index (χ3v) is 6.08. The fourth-order valence-electron chi connectivity index (χ4n) is 4.15. The third kappa shape index (κ3) is 5.79. The lowest BCUT2D eigenvalue weighted by molar-refractivity contribution is 0.582. The first kappa shape index (κ1) is 25.1. The second kappa shape index (κ2) is 11.3. The van der Waals surface area contributed by atoms with Crippen LogP contribution in [0.1, 0.15) is 5.56 Å². The summed E-state index contributed by atoms with van der Waals surface area (Å²) in [5.41, 5.74) is 10.9. The molecule has 10 heteroatoms. The molecule has 6 rings (SSSR count). The highest BCUT2D eigenvalue weighted by atomic mass is 16.3. The maximum Gasteiger partial charge on any atom is 0.233 e. The number of nitrogens with zero attached hydrogens (tertiary/aromatic N) is 5. The average molecular weight is 538 g/mol. The summed E-state index contributed by atoms with van der Waals surface area (Å²) in [6.45, 7) is 0. The van der Waals surface area contributed by atoms with Crippen molar-refractivity contribution in [1.29, 1.82) is 5.26 Å². The Hall–Kier alpha value is -6.21. The van der Waals surface area contributed by atoms with Crippen LogP contribution in [0.4, 0.5) is 40.7 Å². The van der Waals surface area contributed by atoms with Gasteiger partial charge in [0.25, 0.3) is 0 Å². The van der Waals surface area contributed by atoms with Gasteiger partial charge < -0.3 is 26.1 Å². The van der Waals surface area contributed by atoms with Gasteiger partial charge in [-0.3, -0.25) is 0 Å². The molecular formula is C31H23N9O. The number of nitrogens with two attached hydrogens (primary N) is 1. The minimum Gasteiger partial charge on any atom is -0.464 e. The van der Waals surface area contributed by atoms with Crippen LogP contribution < -0.4 is 21.7 Å². The lowest BCUT2D eigenvalue weighted by Gasteiger charge is -2.12. The van der Waals surface area contributed by atoms with Gasteiger partial charge in [0.05, 0.1) is 12.0 Å². The number of nitrogen functional groups attached to an aromatic ring is 1. The van der Waals surface area contributed by atoms with Crippen LogP contribution in [0.15, 0.2) is 114 Å². The standard InChI is InChI=1S/C31H23N9O/c32-19-25-24(27-12-7-17-41-27)18-26(37-28(25)33)20-13-15-23(16-14-20)36-31-39-29(34-21-8-3-1-4-9-21)38-30(40-31)35-22-10-5-2-6-11-22/h1-18H,(H2,33,37)(H3,34,35,36,38,39,40). The molecule has 0 saturated heterocycles. The summed E-state index contributed by atoms with van der Waals surface area (Å²) in [6.07, 6.45) is 1.55. The van der Waals surface area contributed by atoms with E-state index in [9.17, 15) is 5.26 Å². The van der Waals surface area contributed by atoms with Crippen LogP contribution in [0.5, 0.6) is 0 Å².